The summed E-state index contributed by atoms with van der Waals surface area (Å²) >= 11 is 0. The molecule has 0 aromatic heterocycles. The number of rotatable bonds is 4. The summed E-state index contributed by atoms with van der Waals surface area (Å²) in [5.41, 5.74) is 9.22. The van der Waals surface area contributed by atoms with E-state index in [1.165, 1.54) is 11.1 Å². The van der Waals surface area contributed by atoms with E-state index < -0.39 is 0 Å². The molecule has 0 aliphatic carbocycles. The second-order valence-corrected chi connectivity index (χ2v) is 5.08. The van der Waals surface area contributed by atoms with E-state index in [4.69, 9.17) is 5.73 Å². The van der Waals surface area contributed by atoms with Gasteiger partial charge in [-0.05, 0) is 36.3 Å². The summed E-state index contributed by atoms with van der Waals surface area (Å²) < 4.78 is 0. The molecule has 1 aromatic rings. The quantitative estimate of drug-likeness (QED) is 0.802. The third-order valence-corrected chi connectivity index (χ3v) is 3.62. The molecule has 0 aliphatic rings. The van der Waals surface area contributed by atoms with Crippen molar-refractivity contribution in [1.82, 2.24) is 0 Å². The highest BCUT2D eigenvalue weighted by molar-refractivity contribution is 5.26. The molecule has 2 N–H and O–H groups in total. The third-order valence-electron chi connectivity index (χ3n) is 3.62. The van der Waals surface area contributed by atoms with Gasteiger partial charge in [-0.1, -0.05) is 45.0 Å². The van der Waals surface area contributed by atoms with Crippen LogP contribution in [0.25, 0.3) is 0 Å². The minimum atomic E-state index is 0.224. The van der Waals surface area contributed by atoms with Gasteiger partial charge in [-0.15, -0.1) is 0 Å². The Labute approximate surface area is 93.7 Å². The first-order chi connectivity index (χ1) is 6.97. The highest BCUT2D eigenvalue weighted by Crippen LogP contribution is 2.26. The average Bonchev–Trinajstić information content (AvgIpc) is 2.21. The molecule has 84 valence electrons. The van der Waals surface area contributed by atoms with Crippen molar-refractivity contribution in [3.63, 3.8) is 0 Å². The zero-order valence-electron chi connectivity index (χ0n) is 10.4. The van der Waals surface area contributed by atoms with Crippen LogP contribution in [0, 0.1) is 12.3 Å². The molecule has 0 saturated heterocycles. The van der Waals surface area contributed by atoms with Gasteiger partial charge in [-0.25, -0.2) is 0 Å². The third kappa shape index (κ3) is 3.07. The van der Waals surface area contributed by atoms with Crippen molar-refractivity contribution in [1.29, 1.82) is 0 Å². The van der Waals surface area contributed by atoms with Gasteiger partial charge in [0.1, 0.15) is 0 Å². The Morgan fingerprint density at radius 1 is 1.27 bits per heavy atom. The molecule has 1 atom stereocenters. The summed E-state index contributed by atoms with van der Waals surface area (Å²) in [5, 5.41) is 0. The van der Waals surface area contributed by atoms with E-state index >= 15 is 0 Å². The van der Waals surface area contributed by atoms with Gasteiger partial charge in [0.05, 0.1) is 0 Å². The predicted molar refractivity (Wildman–Crippen MR) is 66.9 cm³/mol. The lowest BCUT2D eigenvalue weighted by molar-refractivity contribution is 0.272. The summed E-state index contributed by atoms with van der Waals surface area (Å²) in [4.78, 5) is 0. The van der Waals surface area contributed by atoms with Crippen molar-refractivity contribution in [2.45, 2.75) is 46.6 Å². The maximum absolute atomic E-state index is 6.26. The van der Waals surface area contributed by atoms with Gasteiger partial charge in [-0.2, -0.15) is 0 Å². The first kappa shape index (κ1) is 12.3. The van der Waals surface area contributed by atoms with Crippen LogP contribution in [0.2, 0.25) is 0 Å². The lowest BCUT2D eigenvalue weighted by Gasteiger charge is -2.30. The Kier molecular flexibility index (Phi) is 3.92. The van der Waals surface area contributed by atoms with E-state index in [0.717, 1.165) is 12.8 Å². The highest BCUT2D eigenvalue weighted by Gasteiger charge is 2.24. The monoisotopic (exact) mass is 205 g/mol. The largest absolute Gasteiger partial charge is 0.327 e. The van der Waals surface area contributed by atoms with E-state index in [-0.39, 0.29) is 11.5 Å². The summed E-state index contributed by atoms with van der Waals surface area (Å²) in [6, 6.07) is 8.74. The van der Waals surface area contributed by atoms with Crippen LogP contribution in [0.4, 0.5) is 0 Å². The Morgan fingerprint density at radius 2 is 1.87 bits per heavy atom. The van der Waals surface area contributed by atoms with Crippen LogP contribution in [0.1, 0.15) is 38.3 Å². The molecule has 1 rings (SSSR count). The van der Waals surface area contributed by atoms with Crippen LogP contribution < -0.4 is 5.73 Å². The Bertz CT molecular complexity index is 315. The molecular formula is C14H23N. The van der Waals surface area contributed by atoms with Crippen LogP contribution in [-0.4, -0.2) is 6.04 Å². The fraction of sp³-hybridized carbons (Fsp3) is 0.571. The molecular weight excluding hydrogens is 182 g/mol. The van der Waals surface area contributed by atoms with Crippen LogP contribution >= 0.6 is 0 Å². The van der Waals surface area contributed by atoms with E-state index in [2.05, 4.69) is 52.0 Å². The van der Waals surface area contributed by atoms with Gasteiger partial charge < -0.3 is 5.73 Å². The Balaban J connectivity index is 2.75. The second kappa shape index (κ2) is 4.80. The molecule has 15 heavy (non-hydrogen) atoms. The van der Waals surface area contributed by atoms with Crippen molar-refractivity contribution in [3.05, 3.63) is 35.4 Å². The average molecular weight is 205 g/mol. The van der Waals surface area contributed by atoms with Crippen LogP contribution in [0.3, 0.4) is 0 Å². The summed E-state index contributed by atoms with van der Waals surface area (Å²) in [6.07, 6.45) is 2.10. The minimum absolute atomic E-state index is 0.224. The lowest BCUT2D eigenvalue weighted by Crippen LogP contribution is -2.38. The molecule has 0 amide bonds. The number of hydrogen-bond acceptors (Lipinski definition) is 1. The molecule has 0 fully saturated rings. The zero-order chi connectivity index (χ0) is 11.5. The first-order valence-corrected chi connectivity index (χ1v) is 5.77. The van der Waals surface area contributed by atoms with Gasteiger partial charge in [0.25, 0.3) is 0 Å². The van der Waals surface area contributed by atoms with Gasteiger partial charge in [0.15, 0.2) is 0 Å². The minimum Gasteiger partial charge on any atom is -0.327 e. The maximum atomic E-state index is 6.26. The van der Waals surface area contributed by atoms with Crippen molar-refractivity contribution in [3.8, 4) is 0 Å². The fourth-order valence-corrected chi connectivity index (χ4v) is 1.61. The lowest BCUT2D eigenvalue weighted by atomic mass is 9.79. The van der Waals surface area contributed by atoms with E-state index in [1.807, 2.05) is 0 Å². The normalized spacial score (nSPS) is 13.9. The highest BCUT2D eigenvalue weighted by atomic mass is 14.7. The summed E-state index contributed by atoms with van der Waals surface area (Å²) in [7, 11) is 0. The molecule has 0 spiro atoms. The summed E-state index contributed by atoms with van der Waals surface area (Å²) in [6.45, 7) is 8.85. The summed E-state index contributed by atoms with van der Waals surface area (Å²) in [5.74, 6) is 0. The standard InChI is InChI=1S/C14H23N/c1-5-14(3,4)13(15)10-12-9-7-6-8-11(12)2/h6-9,13H,5,10,15H2,1-4H3. The molecule has 0 saturated carbocycles. The molecule has 0 radical (unpaired) electrons. The van der Waals surface area contributed by atoms with Crippen molar-refractivity contribution in [2.75, 3.05) is 0 Å². The van der Waals surface area contributed by atoms with E-state index in [1.54, 1.807) is 0 Å². The second-order valence-electron chi connectivity index (χ2n) is 5.08. The molecule has 0 bridgehead atoms. The van der Waals surface area contributed by atoms with Crippen LogP contribution in [0.5, 0.6) is 0 Å². The van der Waals surface area contributed by atoms with Gasteiger partial charge >= 0.3 is 0 Å². The number of nitrogens with two attached hydrogens (primary N) is 1. The number of hydrogen-bond donors (Lipinski definition) is 1. The molecule has 1 nitrogen and oxygen atoms in total. The SMILES string of the molecule is CCC(C)(C)C(N)Cc1ccccc1C. The van der Waals surface area contributed by atoms with Gasteiger partial charge in [0.2, 0.25) is 0 Å². The number of benzene rings is 1. The number of aryl methyl sites for hydroxylation is 1. The fourth-order valence-electron chi connectivity index (χ4n) is 1.61. The van der Waals surface area contributed by atoms with Crippen molar-refractivity contribution < 1.29 is 0 Å². The predicted octanol–water partition coefficient (Wildman–Crippen LogP) is 3.30. The molecule has 1 aromatic carbocycles. The molecule has 1 unspecified atom stereocenters. The molecule has 0 heterocycles. The van der Waals surface area contributed by atoms with E-state index in [0.29, 0.717) is 0 Å². The van der Waals surface area contributed by atoms with Gasteiger partial charge in [-0.3, -0.25) is 0 Å². The van der Waals surface area contributed by atoms with Crippen LogP contribution in [0.15, 0.2) is 24.3 Å². The van der Waals surface area contributed by atoms with Crippen molar-refractivity contribution in [2.24, 2.45) is 11.1 Å². The Morgan fingerprint density at radius 3 is 2.40 bits per heavy atom. The molecule has 1 heteroatoms. The smallest absolute Gasteiger partial charge is 0.0131 e. The maximum Gasteiger partial charge on any atom is 0.0131 e. The van der Waals surface area contributed by atoms with Crippen molar-refractivity contribution >= 4 is 0 Å². The molecule has 0 aliphatic heterocycles. The van der Waals surface area contributed by atoms with E-state index in [9.17, 15) is 0 Å². The first-order valence-electron chi connectivity index (χ1n) is 5.77. The van der Waals surface area contributed by atoms with Gasteiger partial charge in [0, 0.05) is 6.04 Å². The van der Waals surface area contributed by atoms with Crippen LogP contribution in [-0.2, 0) is 6.42 Å². The topological polar surface area (TPSA) is 26.0 Å². The Hall–Kier alpha value is -0.820. The zero-order valence-corrected chi connectivity index (χ0v) is 10.4.